The van der Waals surface area contributed by atoms with Crippen molar-refractivity contribution in [3.63, 3.8) is 0 Å². The SMILES string of the molecule is CNC1(C(=O)OC)CCC(OCCC(C)C)C1. The van der Waals surface area contributed by atoms with Crippen molar-refractivity contribution in [2.75, 3.05) is 20.8 Å². The predicted molar refractivity (Wildman–Crippen MR) is 66.9 cm³/mol. The first-order valence-corrected chi connectivity index (χ1v) is 6.43. The van der Waals surface area contributed by atoms with E-state index < -0.39 is 5.54 Å². The van der Waals surface area contributed by atoms with Gasteiger partial charge in [0.2, 0.25) is 0 Å². The van der Waals surface area contributed by atoms with Crippen LogP contribution in [-0.4, -0.2) is 38.4 Å². The second-order valence-electron chi connectivity index (χ2n) is 5.24. The molecule has 0 aliphatic heterocycles. The van der Waals surface area contributed by atoms with E-state index in [0.717, 1.165) is 25.9 Å². The summed E-state index contributed by atoms with van der Waals surface area (Å²) < 4.78 is 10.7. The van der Waals surface area contributed by atoms with Crippen molar-refractivity contribution in [2.24, 2.45) is 5.92 Å². The summed E-state index contributed by atoms with van der Waals surface area (Å²) in [7, 11) is 3.25. The molecule has 100 valence electrons. The van der Waals surface area contributed by atoms with Crippen LogP contribution >= 0.6 is 0 Å². The molecule has 0 aromatic carbocycles. The largest absolute Gasteiger partial charge is 0.468 e. The zero-order valence-electron chi connectivity index (χ0n) is 11.4. The van der Waals surface area contributed by atoms with Gasteiger partial charge in [-0.2, -0.15) is 0 Å². The molecule has 0 saturated heterocycles. The molecular weight excluding hydrogens is 218 g/mol. The van der Waals surface area contributed by atoms with Gasteiger partial charge in [-0.1, -0.05) is 13.8 Å². The van der Waals surface area contributed by atoms with E-state index in [-0.39, 0.29) is 12.1 Å². The summed E-state index contributed by atoms with van der Waals surface area (Å²) in [5, 5.41) is 3.10. The number of hydrogen-bond donors (Lipinski definition) is 1. The van der Waals surface area contributed by atoms with Crippen molar-refractivity contribution in [2.45, 2.75) is 51.2 Å². The number of carbonyl (C=O) groups is 1. The third-order valence-corrected chi connectivity index (χ3v) is 3.57. The van der Waals surface area contributed by atoms with Gasteiger partial charge in [-0.05, 0) is 32.2 Å². The maximum Gasteiger partial charge on any atom is 0.326 e. The Balaban J connectivity index is 2.41. The van der Waals surface area contributed by atoms with Gasteiger partial charge in [-0.3, -0.25) is 4.79 Å². The van der Waals surface area contributed by atoms with Crippen molar-refractivity contribution in [1.82, 2.24) is 5.32 Å². The summed E-state index contributed by atoms with van der Waals surface area (Å²) in [6, 6.07) is 0. The summed E-state index contributed by atoms with van der Waals surface area (Å²) in [5.41, 5.74) is -0.531. The van der Waals surface area contributed by atoms with Crippen LogP contribution in [0.3, 0.4) is 0 Å². The first-order chi connectivity index (χ1) is 8.04. The van der Waals surface area contributed by atoms with Gasteiger partial charge in [-0.25, -0.2) is 0 Å². The molecule has 0 aromatic heterocycles. The van der Waals surface area contributed by atoms with E-state index in [1.807, 2.05) is 7.05 Å². The number of methoxy groups -OCH3 is 1. The van der Waals surface area contributed by atoms with Crippen molar-refractivity contribution >= 4 is 5.97 Å². The fourth-order valence-corrected chi connectivity index (χ4v) is 2.32. The Bertz CT molecular complexity index is 255. The van der Waals surface area contributed by atoms with Crippen LogP contribution in [0.15, 0.2) is 0 Å². The van der Waals surface area contributed by atoms with Crippen molar-refractivity contribution < 1.29 is 14.3 Å². The highest BCUT2D eigenvalue weighted by Crippen LogP contribution is 2.32. The van der Waals surface area contributed by atoms with Crippen LogP contribution in [0.5, 0.6) is 0 Å². The highest BCUT2D eigenvalue weighted by atomic mass is 16.5. The van der Waals surface area contributed by atoms with Crippen LogP contribution in [0.1, 0.15) is 39.5 Å². The number of carbonyl (C=O) groups excluding carboxylic acids is 1. The maximum absolute atomic E-state index is 11.8. The summed E-state index contributed by atoms with van der Waals surface area (Å²) in [4.78, 5) is 11.8. The molecule has 1 aliphatic carbocycles. The van der Waals surface area contributed by atoms with Gasteiger partial charge < -0.3 is 14.8 Å². The van der Waals surface area contributed by atoms with E-state index >= 15 is 0 Å². The lowest BCUT2D eigenvalue weighted by Crippen LogP contribution is -2.49. The minimum absolute atomic E-state index is 0.171. The third kappa shape index (κ3) is 3.68. The minimum Gasteiger partial charge on any atom is -0.468 e. The van der Waals surface area contributed by atoms with E-state index in [1.54, 1.807) is 0 Å². The molecule has 1 rings (SSSR count). The van der Waals surface area contributed by atoms with Crippen molar-refractivity contribution in [3.8, 4) is 0 Å². The third-order valence-electron chi connectivity index (χ3n) is 3.57. The van der Waals surface area contributed by atoms with Crippen LogP contribution in [0.2, 0.25) is 0 Å². The van der Waals surface area contributed by atoms with Crippen LogP contribution in [0, 0.1) is 5.92 Å². The zero-order chi connectivity index (χ0) is 12.9. The van der Waals surface area contributed by atoms with Gasteiger partial charge in [0.1, 0.15) is 5.54 Å². The molecule has 0 spiro atoms. The average molecular weight is 243 g/mol. The maximum atomic E-state index is 11.8. The average Bonchev–Trinajstić information content (AvgIpc) is 2.72. The molecule has 0 amide bonds. The molecule has 0 heterocycles. The Labute approximate surface area is 104 Å². The number of hydrogen-bond acceptors (Lipinski definition) is 4. The molecule has 17 heavy (non-hydrogen) atoms. The molecule has 0 radical (unpaired) electrons. The van der Waals surface area contributed by atoms with Crippen LogP contribution in [0.25, 0.3) is 0 Å². The smallest absolute Gasteiger partial charge is 0.326 e. The van der Waals surface area contributed by atoms with Gasteiger partial charge >= 0.3 is 5.97 Å². The van der Waals surface area contributed by atoms with Crippen molar-refractivity contribution in [1.29, 1.82) is 0 Å². The van der Waals surface area contributed by atoms with Gasteiger partial charge in [0, 0.05) is 13.0 Å². The Kier molecular flexibility index (Phi) is 5.40. The van der Waals surface area contributed by atoms with Gasteiger partial charge in [0.25, 0.3) is 0 Å². The Hall–Kier alpha value is -0.610. The highest BCUT2D eigenvalue weighted by Gasteiger charge is 2.45. The summed E-state index contributed by atoms with van der Waals surface area (Å²) >= 11 is 0. The first kappa shape index (κ1) is 14.5. The molecular formula is C13H25NO3. The molecule has 0 aromatic rings. The van der Waals surface area contributed by atoms with Gasteiger partial charge in [-0.15, -0.1) is 0 Å². The van der Waals surface area contributed by atoms with Gasteiger partial charge in [0.15, 0.2) is 0 Å². The normalized spacial score (nSPS) is 28.6. The van der Waals surface area contributed by atoms with Crippen LogP contribution < -0.4 is 5.32 Å². The zero-order valence-corrected chi connectivity index (χ0v) is 11.4. The minimum atomic E-state index is -0.531. The molecule has 1 aliphatic rings. The molecule has 0 bridgehead atoms. The summed E-state index contributed by atoms with van der Waals surface area (Å²) in [6.45, 7) is 5.15. The Morgan fingerprint density at radius 3 is 2.76 bits per heavy atom. The Morgan fingerprint density at radius 2 is 2.24 bits per heavy atom. The lowest BCUT2D eigenvalue weighted by molar-refractivity contribution is -0.148. The lowest BCUT2D eigenvalue weighted by atomic mass is 9.98. The highest BCUT2D eigenvalue weighted by molar-refractivity contribution is 5.81. The van der Waals surface area contributed by atoms with E-state index in [1.165, 1.54) is 7.11 Å². The van der Waals surface area contributed by atoms with Crippen LogP contribution in [-0.2, 0) is 14.3 Å². The molecule has 2 atom stereocenters. The second-order valence-corrected chi connectivity index (χ2v) is 5.24. The van der Waals surface area contributed by atoms with Crippen molar-refractivity contribution in [3.05, 3.63) is 0 Å². The predicted octanol–water partition coefficient (Wildman–Crippen LogP) is 1.73. The Morgan fingerprint density at radius 1 is 1.53 bits per heavy atom. The standard InChI is InChI=1S/C13H25NO3/c1-10(2)6-8-17-11-5-7-13(9-11,14-3)12(15)16-4/h10-11,14H,5-9H2,1-4H3. The number of nitrogens with one attached hydrogen (secondary N) is 1. The van der Waals surface area contributed by atoms with E-state index in [9.17, 15) is 4.79 Å². The van der Waals surface area contributed by atoms with E-state index in [0.29, 0.717) is 12.3 Å². The molecule has 4 nitrogen and oxygen atoms in total. The molecule has 1 N–H and O–H groups in total. The fraction of sp³-hybridized carbons (Fsp3) is 0.923. The second kappa shape index (κ2) is 6.36. The van der Waals surface area contributed by atoms with E-state index in [4.69, 9.17) is 9.47 Å². The number of likely N-dealkylation sites (N-methyl/N-ethyl adjacent to an activating group) is 1. The molecule has 4 heteroatoms. The molecule has 2 unspecified atom stereocenters. The summed E-state index contributed by atoms with van der Waals surface area (Å²) in [5.74, 6) is 0.487. The first-order valence-electron chi connectivity index (χ1n) is 6.43. The summed E-state index contributed by atoms with van der Waals surface area (Å²) in [6.07, 6.45) is 3.69. The topological polar surface area (TPSA) is 47.6 Å². The van der Waals surface area contributed by atoms with Gasteiger partial charge in [0.05, 0.1) is 13.2 Å². The fourth-order valence-electron chi connectivity index (χ4n) is 2.32. The van der Waals surface area contributed by atoms with E-state index in [2.05, 4.69) is 19.2 Å². The number of rotatable bonds is 6. The lowest BCUT2D eigenvalue weighted by Gasteiger charge is -2.25. The monoisotopic (exact) mass is 243 g/mol. The number of ether oxygens (including phenoxy) is 2. The molecule has 1 fully saturated rings. The quantitative estimate of drug-likeness (QED) is 0.722. The molecule has 1 saturated carbocycles. The van der Waals surface area contributed by atoms with Crippen LogP contribution in [0.4, 0.5) is 0 Å². The number of esters is 1.